The van der Waals surface area contributed by atoms with Crippen molar-refractivity contribution in [2.75, 3.05) is 0 Å². The van der Waals surface area contributed by atoms with E-state index < -0.39 is 17.7 Å². The summed E-state index contributed by atoms with van der Waals surface area (Å²) in [5.74, 6) is -2.65. The maximum atomic E-state index is 13.6. The zero-order valence-corrected chi connectivity index (χ0v) is 9.96. The smallest absolute Gasteiger partial charge is 0.311 e. The average molecular weight is 245 g/mol. The van der Waals surface area contributed by atoms with Crippen LogP contribution in [0, 0.1) is 11.7 Å². The van der Waals surface area contributed by atoms with Gasteiger partial charge in [-0.2, -0.15) is 0 Å². The molecule has 0 heterocycles. The minimum atomic E-state index is -1.04. The predicted octanol–water partition coefficient (Wildman–Crippen LogP) is 3.69. The first-order chi connectivity index (χ1) is 7.49. The van der Waals surface area contributed by atoms with Gasteiger partial charge in [0.25, 0.3) is 0 Å². The Morgan fingerprint density at radius 1 is 1.56 bits per heavy atom. The van der Waals surface area contributed by atoms with E-state index in [-0.39, 0.29) is 16.5 Å². The standard InChI is InChI=1S/C12H14ClFO2/c1-3-7(2)10(12(15)16)11-8(13)5-4-6-9(11)14/h4-7,10H,3H2,1-2H3,(H,15,16). The molecule has 0 saturated carbocycles. The lowest BCUT2D eigenvalue weighted by molar-refractivity contribution is -0.140. The number of rotatable bonds is 4. The number of hydrogen-bond acceptors (Lipinski definition) is 1. The van der Waals surface area contributed by atoms with E-state index >= 15 is 0 Å². The number of carbonyl (C=O) groups is 1. The molecule has 1 rings (SSSR count). The Labute approximate surface area is 99.0 Å². The molecule has 0 amide bonds. The van der Waals surface area contributed by atoms with Crippen LogP contribution in [0.4, 0.5) is 4.39 Å². The third-order valence-corrected chi connectivity index (χ3v) is 3.12. The van der Waals surface area contributed by atoms with Crippen LogP contribution in [0.15, 0.2) is 18.2 Å². The Balaban J connectivity index is 3.26. The fraction of sp³-hybridized carbons (Fsp3) is 0.417. The molecule has 2 unspecified atom stereocenters. The molecule has 0 fully saturated rings. The minimum Gasteiger partial charge on any atom is -0.481 e. The third kappa shape index (κ3) is 2.53. The van der Waals surface area contributed by atoms with Gasteiger partial charge < -0.3 is 5.11 Å². The third-order valence-electron chi connectivity index (χ3n) is 2.79. The number of carboxylic acids is 1. The Morgan fingerprint density at radius 3 is 2.62 bits per heavy atom. The van der Waals surface area contributed by atoms with Crippen LogP contribution < -0.4 is 0 Å². The second-order valence-electron chi connectivity index (χ2n) is 3.84. The molecule has 0 saturated heterocycles. The summed E-state index contributed by atoms with van der Waals surface area (Å²) in [4.78, 5) is 11.2. The van der Waals surface area contributed by atoms with E-state index in [0.717, 1.165) is 0 Å². The normalized spacial score (nSPS) is 14.5. The van der Waals surface area contributed by atoms with Crippen molar-refractivity contribution in [2.24, 2.45) is 5.92 Å². The average Bonchev–Trinajstić information content (AvgIpc) is 2.22. The lowest BCUT2D eigenvalue weighted by Crippen LogP contribution is -2.20. The summed E-state index contributed by atoms with van der Waals surface area (Å²) in [6.07, 6.45) is 0.654. The number of aliphatic carboxylic acids is 1. The van der Waals surface area contributed by atoms with Crippen molar-refractivity contribution in [1.82, 2.24) is 0 Å². The molecular formula is C12H14ClFO2. The van der Waals surface area contributed by atoms with Gasteiger partial charge >= 0.3 is 5.97 Å². The van der Waals surface area contributed by atoms with Crippen molar-refractivity contribution < 1.29 is 14.3 Å². The summed E-state index contributed by atoms with van der Waals surface area (Å²) in [6.45, 7) is 3.65. The Morgan fingerprint density at radius 2 is 2.19 bits per heavy atom. The van der Waals surface area contributed by atoms with E-state index in [1.54, 1.807) is 6.92 Å². The van der Waals surface area contributed by atoms with E-state index in [1.165, 1.54) is 18.2 Å². The van der Waals surface area contributed by atoms with Crippen molar-refractivity contribution in [1.29, 1.82) is 0 Å². The van der Waals surface area contributed by atoms with Gasteiger partial charge in [0, 0.05) is 10.6 Å². The van der Waals surface area contributed by atoms with Crippen LogP contribution in [-0.2, 0) is 4.79 Å². The lowest BCUT2D eigenvalue weighted by atomic mass is 9.85. The molecule has 1 aromatic rings. The van der Waals surface area contributed by atoms with Crippen LogP contribution in [-0.4, -0.2) is 11.1 Å². The van der Waals surface area contributed by atoms with Crippen LogP contribution in [0.3, 0.4) is 0 Å². The van der Waals surface area contributed by atoms with Crippen LogP contribution in [0.25, 0.3) is 0 Å². The SMILES string of the molecule is CCC(C)C(C(=O)O)c1c(F)cccc1Cl. The van der Waals surface area contributed by atoms with Crippen LogP contribution in [0.5, 0.6) is 0 Å². The van der Waals surface area contributed by atoms with E-state index in [9.17, 15) is 9.18 Å². The van der Waals surface area contributed by atoms with Gasteiger partial charge in [0.15, 0.2) is 0 Å². The van der Waals surface area contributed by atoms with Crippen molar-refractivity contribution in [3.05, 3.63) is 34.6 Å². The van der Waals surface area contributed by atoms with Crippen molar-refractivity contribution in [2.45, 2.75) is 26.2 Å². The number of benzene rings is 1. The largest absolute Gasteiger partial charge is 0.481 e. The fourth-order valence-corrected chi connectivity index (χ4v) is 1.98. The second-order valence-corrected chi connectivity index (χ2v) is 4.24. The minimum absolute atomic E-state index is 0.0889. The topological polar surface area (TPSA) is 37.3 Å². The van der Waals surface area contributed by atoms with Gasteiger partial charge in [-0.1, -0.05) is 37.9 Å². The molecule has 0 aliphatic carbocycles. The van der Waals surface area contributed by atoms with Gasteiger partial charge in [0.2, 0.25) is 0 Å². The zero-order chi connectivity index (χ0) is 12.3. The van der Waals surface area contributed by atoms with Gasteiger partial charge in [-0.05, 0) is 18.1 Å². The number of carboxylic acid groups (broad SMARTS) is 1. The van der Waals surface area contributed by atoms with Gasteiger partial charge in [-0.15, -0.1) is 0 Å². The highest BCUT2D eigenvalue weighted by Crippen LogP contribution is 2.34. The van der Waals surface area contributed by atoms with Gasteiger partial charge in [-0.25, -0.2) is 4.39 Å². The summed E-state index contributed by atoms with van der Waals surface area (Å²) in [7, 11) is 0. The molecule has 2 atom stereocenters. The molecule has 0 radical (unpaired) electrons. The Hall–Kier alpha value is -1.09. The maximum Gasteiger partial charge on any atom is 0.311 e. The van der Waals surface area contributed by atoms with Crippen LogP contribution in [0.2, 0.25) is 5.02 Å². The molecule has 16 heavy (non-hydrogen) atoms. The highest BCUT2D eigenvalue weighted by Gasteiger charge is 2.29. The number of hydrogen-bond donors (Lipinski definition) is 1. The zero-order valence-electron chi connectivity index (χ0n) is 9.21. The Bertz CT molecular complexity index is 372. The molecule has 0 aliphatic rings. The molecule has 0 spiro atoms. The van der Waals surface area contributed by atoms with Gasteiger partial charge in [0.05, 0.1) is 5.92 Å². The Kier molecular flexibility index (Phi) is 4.30. The number of halogens is 2. The molecular weight excluding hydrogens is 231 g/mol. The first kappa shape index (κ1) is 13.0. The van der Waals surface area contributed by atoms with E-state index in [4.69, 9.17) is 16.7 Å². The van der Waals surface area contributed by atoms with E-state index in [2.05, 4.69) is 0 Å². The molecule has 0 aromatic heterocycles. The molecule has 0 bridgehead atoms. The van der Waals surface area contributed by atoms with Gasteiger partial charge in [-0.3, -0.25) is 4.79 Å². The molecule has 0 aliphatic heterocycles. The molecule has 88 valence electrons. The molecule has 2 nitrogen and oxygen atoms in total. The second kappa shape index (κ2) is 5.30. The molecule has 4 heteroatoms. The first-order valence-corrected chi connectivity index (χ1v) is 5.53. The summed E-state index contributed by atoms with van der Waals surface area (Å²) < 4.78 is 13.6. The van der Waals surface area contributed by atoms with Crippen molar-refractivity contribution in [3.63, 3.8) is 0 Å². The summed E-state index contributed by atoms with van der Waals surface area (Å²) in [5.41, 5.74) is 0.0889. The quantitative estimate of drug-likeness (QED) is 0.877. The summed E-state index contributed by atoms with van der Waals surface area (Å²) >= 11 is 5.87. The lowest BCUT2D eigenvalue weighted by Gasteiger charge is -2.20. The van der Waals surface area contributed by atoms with Crippen LogP contribution >= 0.6 is 11.6 Å². The van der Waals surface area contributed by atoms with Crippen molar-refractivity contribution >= 4 is 17.6 Å². The van der Waals surface area contributed by atoms with Gasteiger partial charge in [0.1, 0.15) is 5.82 Å². The predicted molar refractivity (Wildman–Crippen MR) is 61.2 cm³/mol. The maximum absolute atomic E-state index is 13.6. The highest BCUT2D eigenvalue weighted by molar-refractivity contribution is 6.31. The van der Waals surface area contributed by atoms with Crippen LogP contribution in [0.1, 0.15) is 31.7 Å². The van der Waals surface area contributed by atoms with Crippen molar-refractivity contribution in [3.8, 4) is 0 Å². The molecule has 1 N–H and O–H groups in total. The fourth-order valence-electron chi connectivity index (χ4n) is 1.69. The summed E-state index contributed by atoms with van der Waals surface area (Å²) in [6, 6.07) is 4.22. The van der Waals surface area contributed by atoms with E-state index in [0.29, 0.717) is 6.42 Å². The van der Waals surface area contributed by atoms with E-state index in [1.807, 2.05) is 6.92 Å². The summed E-state index contributed by atoms with van der Waals surface area (Å²) in [5, 5.41) is 9.33. The first-order valence-electron chi connectivity index (χ1n) is 5.15. The highest BCUT2D eigenvalue weighted by atomic mass is 35.5. The monoisotopic (exact) mass is 244 g/mol. The molecule has 1 aromatic carbocycles.